The van der Waals surface area contributed by atoms with Crippen LogP contribution in [0.5, 0.6) is 0 Å². The first kappa shape index (κ1) is 20.4. The molecule has 0 bridgehead atoms. The van der Waals surface area contributed by atoms with Crippen molar-refractivity contribution in [3.05, 3.63) is 29.3 Å². The average Bonchev–Trinajstić information content (AvgIpc) is 2.50. The minimum Gasteiger partial charge on any atom is -0.385 e. The van der Waals surface area contributed by atoms with E-state index < -0.39 is 10.0 Å². The molecule has 1 amide bonds. The van der Waals surface area contributed by atoms with Gasteiger partial charge in [-0.1, -0.05) is 12.1 Å². The van der Waals surface area contributed by atoms with E-state index in [1.165, 1.54) is 10.6 Å². The molecule has 0 spiro atoms. The fourth-order valence-electron chi connectivity index (χ4n) is 2.37. The molecule has 24 heavy (non-hydrogen) atoms. The van der Waals surface area contributed by atoms with Gasteiger partial charge in [-0.25, -0.2) is 8.42 Å². The number of hydrogen-bond acceptors (Lipinski definition) is 4. The second-order valence-electron chi connectivity index (χ2n) is 5.92. The highest BCUT2D eigenvalue weighted by molar-refractivity contribution is 7.92. The molecule has 136 valence electrons. The van der Waals surface area contributed by atoms with E-state index in [-0.39, 0.29) is 12.5 Å². The Morgan fingerprint density at radius 1 is 1.25 bits per heavy atom. The summed E-state index contributed by atoms with van der Waals surface area (Å²) in [4.78, 5) is 11.8. The van der Waals surface area contributed by atoms with Crippen LogP contribution >= 0.6 is 0 Å². The number of amides is 1. The molecular weight excluding hydrogens is 328 g/mol. The highest BCUT2D eigenvalue weighted by atomic mass is 32.2. The number of nitrogens with zero attached hydrogens (tertiary/aromatic N) is 1. The lowest BCUT2D eigenvalue weighted by Crippen LogP contribution is -2.33. The predicted molar refractivity (Wildman–Crippen MR) is 96.8 cm³/mol. The number of nitrogens with one attached hydrogen (secondary N) is 1. The normalized spacial score (nSPS) is 11.3. The number of carbonyl (C=O) groups excluding carboxylic acids is 1. The summed E-state index contributed by atoms with van der Waals surface area (Å²) in [5.74, 6) is -0.0690. The standard InChI is InChI=1S/C17H28N2O4S/c1-14-8-9-15(2)16(13-14)19(24(4,21)22)11-5-7-17(20)18-10-6-12-23-3/h8-9,13H,5-7,10-12H2,1-4H3,(H,18,20). The van der Waals surface area contributed by atoms with Crippen LogP contribution in [0.2, 0.25) is 0 Å². The summed E-state index contributed by atoms with van der Waals surface area (Å²) in [6, 6.07) is 5.72. The Morgan fingerprint density at radius 3 is 2.58 bits per heavy atom. The number of aryl methyl sites for hydroxylation is 2. The molecule has 1 aromatic rings. The molecule has 6 nitrogen and oxygen atoms in total. The summed E-state index contributed by atoms with van der Waals surface area (Å²) in [6.07, 6.45) is 2.72. The van der Waals surface area contributed by atoms with Crippen LogP contribution in [0.15, 0.2) is 18.2 Å². The lowest BCUT2D eigenvalue weighted by atomic mass is 10.1. The molecule has 0 radical (unpaired) electrons. The van der Waals surface area contributed by atoms with Crippen LogP contribution in [0, 0.1) is 13.8 Å². The fraction of sp³-hybridized carbons (Fsp3) is 0.588. The molecule has 0 atom stereocenters. The molecule has 0 heterocycles. The summed E-state index contributed by atoms with van der Waals surface area (Å²) in [7, 11) is -1.77. The monoisotopic (exact) mass is 356 g/mol. The van der Waals surface area contributed by atoms with Gasteiger partial charge in [0.25, 0.3) is 0 Å². The molecule has 0 saturated heterocycles. The summed E-state index contributed by atoms with van der Waals surface area (Å²) in [6.45, 7) is 5.27. The molecule has 0 saturated carbocycles. The number of methoxy groups -OCH3 is 1. The largest absolute Gasteiger partial charge is 0.385 e. The van der Waals surface area contributed by atoms with E-state index in [4.69, 9.17) is 4.74 Å². The fourth-order valence-corrected chi connectivity index (χ4v) is 3.38. The smallest absolute Gasteiger partial charge is 0.232 e. The van der Waals surface area contributed by atoms with Gasteiger partial charge < -0.3 is 10.1 Å². The van der Waals surface area contributed by atoms with Gasteiger partial charge in [-0.15, -0.1) is 0 Å². The first-order chi connectivity index (χ1) is 11.3. The maximum absolute atomic E-state index is 12.1. The molecule has 7 heteroatoms. The molecule has 1 aromatic carbocycles. The van der Waals surface area contributed by atoms with Gasteiger partial charge in [0.1, 0.15) is 0 Å². The van der Waals surface area contributed by atoms with Gasteiger partial charge in [0, 0.05) is 33.2 Å². The molecule has 0 aromatic heterocycles. The zero-order chi connectivity index (χ0) is 18.2. The third-order valence-electron chi connectivity index (χ3n) is 3.65. The number of benzene rings is 1. The maximum Gasteiger partial charge on any atom is 0.232 e. The van der Waals surface area contributed by atoms with Crippen LogP contribution in [-0.2, 0) is 19.6 Å². The Hall–Kier alpha value is -1.60. The lowest BCUT2D eigenvalue weighted by Gasteiger charge is -2.24. The zero-order valence-electron chi connectivity index (χ0n) is 15.0. The highest BCUT2D eigenvalue weighted by Gasteiger charge is 2.19. The van der Waals surface area contributed by atoms with Gasteiger partial charge in [0.05, 0.1) is 11.9 Å². The van der Waals surface area contributed by atoms with E-state index in [0.29, 0.717) is 31.7 Å². The van der Waals surface area contributed by atoms with Crippen molar-refractivity contribution >= 4 is 21.6 Å². The Bertz CT molecular complexity index is 644. The maximum atomic E-state index is 12.1. The second kappa shape index (κ2) is 9.64. The van der Waals surface area contributed by atoms with Crippen LogP contribution < -0.4 is 9.62 Å². The number of hydrogen-bond donors (Lipinski definition) is 1. The number of carbonyl (C=O) groups is 1. The molecule has 0 aliphatic rings. The Balaban J connectivity index is 2.63. The third-order valence-corrected chi connectivity index (χ3v) is 4.83. The van der Waals surface area contributed by atoms with Gasteiger partial charge in [-0.2, -0.15) is 0 Å². The van der Waals surface area contributed by atoms with Gasteiger partial charge in [-0.05, 0) is 43.9 Å². The van der Waals surface area contributed by atoms with Gasteiger partial charge in [-0.3, -0.25) is 9.10 Å². The van der Waals surface area contributed by atoms with Crippen molar-refractivity contribution in [1.82, 2.24) is 5.32 Å². The van der Waals surface area contributed by atoms with E-state index in [9.17, 15) is 13.2 Å². The van der Waals surface area contributed by atoms with Crippen molar-refractivity contribution in [3.63, 3.8) is 0 Å². The average molecular weight is 356 g/mol. The van der Waals surface area contributed by atoms with E-state index in [0.717, 1.165) is 17.5 Å². The SMILES string of the molecule is COCCCNC(=O)CCCN(c1cc(C)ccc1C)S(C)(=O)=O. The van der Waals surface area contributed by atoms with Gasteiger partial charge in [0.15, 0.2) is 0 Å². The molecule has 1 rings (SSSR count). The number of ether oxygens (including phenoxy) is 1. The van der Waals surface area contributed by atoms with Crippen molar-refractivity contribution in [2.24, 2.45) is 0 Å². The molecule has 0 aliphatic carbocycles. The molecule has 1 N–H and O–H groups in total. The molecular formula is C17H28N2O4S. The number of anilines is 1. The van der Waals surface area contributed by atoms with E-state index in [2.05, 4.69) is 5.32 Å². The third kappa shape index (κ3) is 6.88. The quantitative estimate of drug-likeness (QED) is 0.651. The van der Waals surface area contributed by atoms with E-state index in [1.807, 2.05) is 32.0 Å². The van der Waals surface area contributed by atoms with Crippen molar-refractivity contribution < 1.29 is 17.9 Å². The van der Waals surface area contributed by atoms with E-state index in [1.54, 1.807) is 7.11 Å². The first-order valence-corrected chi connectivity index (χ1v) is 9.91. The first-order valence-electron chi connectivity index (χ1n) is 8.06. The van der Waals surface area contributed by atoms with Crippen molar-refractivity contribution in [2.45, 2.75) is 33.1 Å². The molecule has 0 unspecified atom stereocenters. The summed E-state index contributed by atoms with van der Waals surface area (Å²) < 4.78 is 30.6. The summed E-state index contributed by atoms with van der Waals surface area (Å²) in [5, 5.41) is 2.80. The lowest BCUT2D eigenvalue weighted by molar-refractivity contribution is -0.121. The second-order valence-corrected chi connectivity index (χ2v) is 7.83. The predicted octanol–water partition coefficient (Wildman–Crippen LogP) is 2.00. The van der Waals surface area contributed by atoms with Crippen molar-refractivity contribution in [2.75, 3.05) is 37.4 Å². The molecule has 0 aliphatic heterocycles. The Labute approximate surface area is 145 Å². The van der Waals surface area contributed by atoms with Crippen LogP contribution in [0.1, 0.15) is 30.4 Å². The van der Waals surface area contributed by atoms with Crippen LogP contribution in [-0.4, -0.2) is 47.4 Å². The zero-order valence-corrected chi connectivity index (χ0v) is 15.8. The highest BCUT2D eigenvalue weighted by Crippen LogP contribution is 2.24. The van der Waals surface area contributed by atoms with E-state index >= 15 is 0 Å². The topological polar surface area (TPSA) is 75.7 Å². The summed E-state index contributed by atoms with van der Waals surface area (Å²) in [5.41, 5.74) is 2.58. The molecule has 0 fully saturated rings. The summed E-state index contributed by atoms with van der Waals surface area (Å²) >= 11 is 0. The Kier molecular flexibility index (Phi) is 8.21. The van der Waals surface area contributed by atoms with Gasteiger partial charge >= 0.3 is 0 Å². The van der Waals surface area contributed by atoms with Crippen LogP contribution in [0.25, 0.3) is 0 Å². The Morgan fingerprint density at radius 2 is 1.96 bits per heavy atom. The minimum atomic E-state index is -3.39. The van der Waals surface area contributed by atoms with Crippen LogP contribution in [0.4, 0.5) is 5.69 Å². The number of rotatable bonds is 10. The van der Waals surface area contributed by atoms with Crippen LogP contribution in [0.3, 0.4) is 0 Å². The van der Waals surface area contributed by atoms with Crippen molar-refractivity contribution in [1.29, 1.82) is 0 Å². The minimum absolute atomic E-state index is 0.0690. The van der Waals surface area contributed by atoms with Crippen molar-refractivity contribution in [3.8, 4) is 0 Å². The van der Waals surface area contributed by atoms with Gasteiger partial charge in [0.2, 0.25) is 15.9 Å². The number of sulfonamides is 1.